The van der Waals surface area contributed by atoms with Crippen molar-refractivity contribution in [1.82, 2.24) is 0 Å². The number of rotatable bonds is 3. The van der Waals surface area contributed by atoms with E-state index in [9.17, 15) is 4.79 Å². The zero-order chi connectivity index (χ0) is 9.84. The Balaban J connectivity index is 3.02. The molecule has 3 heteroatoms. The molecule has 0 aromatic heterocycles. The highest BCUT2D eigenvalue weighted by Crippen LogP contribution is 2.18. The second-order valence-electron chi connectivity index (χ2n) is 2.52. The Hall–Kier alpha value is -1.77. The fourth-order valence-electron chi connectivity index (χ4n) is 0.934. The van der Waals surface area contributed by atoms with Crippen molar-refractivity contribution in [3.05, 3.63) is 36.4 Å². The minimum atomic E-state index is -1.02. The summed E-state index contributed by atoms with van der Waals surface area (Å²) in [6.45, 7) is 3.44. The molecule has 1 rings (SSSR count). The van der Waals surface area contributed by atoms with Gasteiger partial charge < -0.3 is 9.84 Å². The lowest BCUT2D eigenvalue weighted by atomic mass is 10.1. The third-order valence-corrected chi connectivity index (χ3v) is 1.68. The molecule has 1 N–H and O–H groups in total. The monoisotopic (exact) mass is 178 g/mol. The van der Waals surface area contributed by atoms with Crippen LogP contribution in [0.5, 0.6) is 5.75 Å². The maximum absolute atomic E-state index is 10.6. The molecule has 0 aliphatic carbocycles. The Kier molecular flexibility index (Phi) is 2.69. The molecule has 13 heavy (non-hydrogen) atoms. The van der Waals surface area contributed by atoms with E-state index in [1.165, 1.54) is 7.11 Å². The van der Waals surface area contributed by atoms with Gasteiger partial charge in [-0.25, -0.2) is 4.79 Å². The zero-order valence-electron chi connectivity index (χ0n) is 7.28. The van der Waals surface area contributed by atoms with Gasteiger partial charge in [-0.2, -0.15) is 0 Å². The van der Waals surface area contributed by atoms with Gasteiger partial charge in [-0.15, -0.1) is 0 Å². The van der Waals surface area contributed by atoms with Crippen molar-refractivity contribution in [3.63, 3.8) is 0 Å². The summed E-state index contributed by atoms with van der Waals surface area (Å²) in [7, 11) is 1.53. The van der Waals surface area contributed by atoms with Crippen molar-refractivity contribution in [2.75, 3.05) is 7.11 Å². The van der Waals surface area contributed by atoms with Gasteiger partial charge in [-0.1, -0.05) is 18.7 Å². The van der Waals surface area contributed by atoms with E-state index in [1.54, 1.807) is 24.3 Å². The first kappa shape index (κ1) is 9.32. The molecule has 0 atom stereocenters. The van der Waals surface area contributed by atoms with Crippen LogP contribution in [0.3, 0.4) is 0 Å². The third kappa shape index (κ3) is 2.08. The molecular formula is C10H10O3. The van der Waals surface area contributed by atoms with Crippen LogP contribution in [0.15, 0.2) is 30.8 Å². The summed E-state index contributed by atoms with van der Waals surface area (Å²) >= 11 is 0. The highest BCUT2D eigenvalue weighted by Gasteiger charge is 2.06. The SMILES string of the molecule is C=C(C(=O)O)c1cccc(OC)c1. The fourth-order valence-corrected chi connectivity index (χ4v) is 0.934. The largest absolute Gasteiger partial charge is 0.497 e. The summed E-state index contributed by atoms with van der Waals surface area (Å²) in [5.41, 5.74) is 0.630. The van der Waals surface area contributed by atoms with Crippen LogP contribution in [-0.4, -0.2) is 18.2 Å². The second kappa shape index (κ2) is 3.76. The summed E-state index contributed by atoms with van der Waals surface area (Å²) < 4.78 is 4.95. The van der Waals surface area contributed by atoms with E-state index < -0.39 is 5.97 Å². The van der Waals surface area contributed by atoms with Gasteiger partial charge in [0.15, 0.2) is 0 Å². The van der Waals surface area contributed by atoms with Gasteiger partial charge in [0.2, 0.25) is 0 Å². The molecule has 0 radical (unpaired) electrons. The Morgan fingerprint density at radius 2 is 2.23 bits per heavy atom. The maximum atomic E-state index is 10.6. The number of methoxy groups -OCH3 is 1. The number of hydrogen-bond donors (Lipinski definition) is 1. The van der Waals surface area contributed by atoms with Crippen LogP contribution < -0.4 is 4.74 Å². The molecular weight excluding hydrogens is 168 g/mol. The minimum absolute atomic E-state index is 0.0684. The number of aliphatic carboxylic acids is 1. The summed E-state index contributed by atoms with van der Waals surface area (Å²) in [4.78, 5) is 10.6. The van der Waals surface area contributed by atoms with Crippen LogP contribution in [0.1, 0.15) is 5.56 Å². The van der Waals surface area contributed by atoms with E-state index in [1.807, 2.05) is 0 Å². The number of benzene rings is 1. The van der Waals surface area contributed by atoms with Gasteiger partial charge in [0.25, 0.3) is 0 Å². The van der Waals surface area contributed by atoms with E-state index in [0.29, 0.717) is 11.3 Å². The zero-order valence-corrected chi connectivity index (χ0v) is 7.28. The first-order valence-electron chi connectivity index (χ1n) is 3.72. The summed E-state index contributed by atoms with van der Waals surface area (Å²) in [5, 5.41) is 8.66. The molecule has 0 fully saturated rings. The van der Waals surface area contributed by atoms with Crippen molar-refractivity contribution in [2.45, 2.75) is 0 Å². The highest BCUT2D eigenvalue weighted by atomic mass is 16.5. The number of hydrogen-bond acceptors (Lipinski definition) is 2. The number of carbonyl (C=O) groups is 1. The van der Waals surface area contributed by atoms with Crippen molar-refractivity contribution in [2.24, 2.45) is 0 Å². The number of carboxylic acids is 1. The molecule has 3 nitrogen and oxygen atoms in total. The smallest absolute Gasteiger partial charge is 0.335 e. The Labute approximate surface area is 76.3 Å². The molecule has 68 valence electrons. The van der Waals surface area contributed by atoms with Crippen molar-refractivity contribution < 1.29 is 14.6 Å². The van der Waals surface area contributed by atoms with Crippen LogP contribution in [0.2, 0.25) is 0 Å². The number of carboxylic acid groups (broad SMARTS) is 1. The topological polar surface area (TPSA) is 46.5 Å². The second-order valence-corrected chi connectivity index (χ2v) is 2.52. The molecule has 0 aliphatic rings. The molecule has 0 amide bonds. The lowest BCUT2D eigenvalue weighted by Gasteiger charge is -2.03. The summed E-state index contributed by atoms with van der Waals surface area (Å²) in [6.07, 6.45) is 0. The highest BCUT2D eigenvalue weighted by molar-refractivity contribution is 6.14. The predicted octanol–water partition coefficient (Wildman–Crippen LogP) is 1.79. The molecule has 0 heterocycles. The van der Waals surface area contributed by atoms with Gasteiger partial charge in [0.05, 0.1) is 12.7 Å². The molecule has 0 saturated heterocycles. The average molecular weight is 178 g/mol. The van der Waals surface area contributed by atoms with Crippen molar-refractivity contribution in [3.8, 4) is 5.75 Å². The lowest BCUT2D eigenvalue weighted by Crippen LogP contribution is -1.97. The van der Waals surface area contributed by atoms with Crippen molar-refractivity contribution in [1.29, 1.82) is 0 Å². The lowest BCUT2D eigenvalue weighted by molar-refractivity contribution is -0.130. The van der Waals surface area contributed by atoms with Gasteiger partial charge in [-0.3, -0.25) is 0 Å². The van der Waals surface area contributed by atoms with Crippen LogP contribution in [0.25, 0.3) is 5.57 Å². The normalized spacial score (nSPS) is 9.31. The Morgan fingerprint density at radius 3 is 2.77 bits per heavy atom. The van der Waals surface area contributed by atoms with E-state index >= 15 is 0 Å². The first-order valence-corrected chi connectivity index (χ1v) is 3.72. The van der Waals surface area contributed by atoms with Crippen LogP contribution >= 0.6 is 0 Å². The molecule has 0 spiro atoms. The van der Waals surface area contributed by atoms with Crippen LogP contribution in [-0.2, 0) is 4.79 Å². The Bertz CT molecular complexity index is 342. The molecule has 0 aliphatic heterocycles. The van der Waals surface area contributed by atoms with Gasteiger partial charge in [-0.05, 0) is 17.7 Å². The van der Waals surface area contributed by atoms with E-state index in [4.69, 9.17) is 9.84 Å². The fraction of sp³-hybridized carbons (Fsp3) is 0.100. The number of ether oxygens (including phenoxy) is 1. The van der Waals surface area contributed by atoms with Gasteiger partial charge in [0.1, 0.15) is 5.75 Å². The summed E-state index contributed by atoms with van der Waals surface area (Å²) in [6, 6.07) is 6.79. The average Bonchev–Trinajstić information content (AvgIpc) is 2.16. The maximum Gasteiger partial charge on any atom is 0.335 e. The quantitative estimate of drug-likeness (QED) is 0.718. The molecule has 0 bridgehead atoms. The van der Waals surface area contributed by atoms with Gasteiger partial charge in [0, 0.05) is 0 Å². The molecule has 1 aromatic carbocycles. The van der Waals surface area contributed by atoms with E-state index in [0.717, 1.165) is 0 Å². The predicted molar refractivity (Wildman–Crippen MR) is 49.7 cm³/mol. The summed E-state index contributed by atoms with van der Waals surface area (Å²) in [5.74, 6) is -0.395. The Morgan fingerprint density at radius 1 is 1.54 bits per heavy atom. The molecule has 0 unspecified atom stereocenters. The van der Waals surface area contributed by atoms with Gasteiger partial charge >= 0.3 is 5.97 Å². The molecule has 1 aromatic rings. The first-order chi connectivity index (χ1) is 6.15. The molecule has 0 saturated carbocycles. The van der Waals surface area contributed by atoms with Crippen LogP contribution in [0, 0.1) is 0 Å². The van der Waals surface area contributed by atoms with E-state index in [2.05, 4.69) is 6.58 Å². The minimum Gasteiger partial charge on any atom is -0.497 e. The van der Waals surface area contributed by atoms with Crippen LogP contribution in [0.4, 0.5) is 0 Å². The standard InChI is InChI=1S/C10H10O3/c1-7(10(11)12)8-4-3-5-9(6-8)13-2/h3-6H,1H2,2H3,(H,11,12). The van der Waals surface area contributed by atoms with Crippen molar-refractivity contribution >= 4 is 11.5 Å². The third-order valence-electron chi connectivity index (χ3n) is 1.68. The van der Waals surface area contributed by atoms with E-state index in [-0.39, 0.29) is 5.57 Å².